The molecule has 0 saturated carbocycles. The summed E-state index contributed by atoms with van der Waals surface area (Å²) in [5.74, 6) is 3.98. The average molecular weight is 1470 g/mol. The Labute approximate surface area is 641 Å². The molecule has 3 aromatic rings. The summed E-state index contributed by atoms with van der Waals surface area (Å²) in [6.07, 6.45) is 62.5. The molecule has 0 N–H and O–H groups in total. The smallest absolute Gasteiger partial charge is 0.418 e. The zero-order valence-corrected chi connectivity index (χ0v) is 68.0. The van der Waals surface area contributed by atoms with Crippen LogP contribution in [0.15, 0.2) is 54.6 Å². The Kier molecular flexibility index (Phi) is 56.1. The van der Waals surface area contributed by atoms with Crippen LogP contribution in [0.1, 0.15) is 388 Å². The van der Waals surface area contributed by atoms with Crippen LogP contribution in [0, 0.1) is 0 Å². The maximum Gasteiger partial charge on any atom is 0.418 e. The molecule has 1 aliphatic heterocycles. The number of amides is 3. The van der Waals surface area contributed by atoms with Crippen LogP contribution in [0.4, 0.5) is 14.4 Å². The van der Waals surface area contributed by atoms with E-state index in [4.69, 9.17) is 42.6 Å². The molecular weight excluding hydrogens is 1310 g/mol. The predicted molar refractivity (Wildman–Crippen MR) is 434 cm³/mol. The third kappa shape index (κ3) is 45.6. The largest absolute Gasteiger partial charge is 0.490 e. The number of hydrogen-bond donors (Lipinski definition) is 0. The first-order valence-electron chi connectivity index (χ1n) is 43.8. The molecule has 1 aliphatic rings. The first-order valence-corrected chi connectivity index (χ1v) is 43.8. The molecule has 0 unspecified atom stereocenters. The van der Waals surface area contributed by atoms with E-state index in [0.717, 1.165) is 96.3 Å². The highest BCUT2D eigenvalue weighted by atomic mass is 16.6. The normalized spacial score (nSPS) is 12.2. The van der Waals surface area contributed by atoms with Crippen molar-refractivity contribution >= 4 is 18.3 Å². The number of carbonyl (C=O) groups is 3. The standard InChI is InChI=1S/C90H153N3O12/c1-7-13-19-25-31-37-43-49-55-67-97-82-64-61-79(73-85(82)100-70-58-52-46-40-34-28-22-16-10-4)103-88(94)91-76-92(89(95)104-80-62-65-83(98-68-56-50-44-38-32-26-20-14-8-2)86(74-80)101-71-59-53-47-41-35-29-23-17-11-5)78-93(77-91)90(96)105-81-63-66-84(99-69-57-51-45-39-33-27-21-15-9-3)87(75-81)102-72-60-54-48-42-36-30-24-18-12-6/h61-66,73-75H,7-60,67-72,76-78H2,1-6H3. The van der Waals surface area contributed by atoms with Crippen molar-refractivity contribution in [3.05, 3.63) is 54.6 Å². The van der Waals surface area contributed by atoms with E-state index in [1.807, 2.05) is 0 Å². The highest BCUT2D eigenvalue weighted by Crippen LogP contribution is 2.36. The van der Waals surface area contributed by atoms with Gasteiger partial charge in [-0.25, -0.2) is 14.4 Å². The Balaban J connectivity index is 1.59. The summed E-state index contributed by atoms with van der Waals surface area (Å²) in [6, 6.07) is 15.6. The first kappa shape index (κ1) is 91.7. The van der Waals surface area contributed by atoms with Gasteiger partial charge in [0.25, 0.3) is 0 Å². The second kappa shape index (κ2) is 64.3. The summed E-state index contributed by atoms with van der Waals surface area (Å²) in [4.78, 5) is 48.0. The number of ether oxygens (including phenoxy) is 9. The van der Waals surface area contributed by atoms with Crippen molar-refractivity contribution in [1.29, 1.82) is 0 Å². The number of hydrogen-bond acceptors (Lipinski definition) is 12. The lowest BCUT2D eigenvalue weighted by Gasteiger charge is -2.40. The van der Waals surface area contributed by atoms with Crippen LogP contribution < -0.4 is 42.6 Å². The van der Waals surface area contributed by atoms with Gasteiger partial charge in [0.1, 0.15) is 37.3 Å². The minimum absolute atomic E-state index is 0.233. The van der Waals surface area contributed by atoms with Crippen molar-refractivity contribution in [3.63, 3.8) is 0 Å². The van der Waals surface area contributed by atoms with Crippen molar-refractivity contribution < 1.29 is 57.0 Å². The zero-order chi connectivity index (χ0) is 74.9. The van der Waals surface area contributed by atoms with Crippen molar-refractivity contribution in [3.8, 4) is 51.7 Å². The van der Waals surface area contributed by atoms with Gasteiger partial charge in [-0.1, -0.05) is 350 Å². The molecule has 15 nitrogen and oxygen atoms in total. The fraction of sp³-hybridized carbons (Fsp3) is 0.767. The molecule has 0 spiro atoms. The van der Waals surface area contributed by atoms with Crippen molar-refractivity contribution in [1.82, 2.24) is 14.7 Å². The molecule has 1 saturated heterocycles. The molecule has 1 heterocycles. The third-order valence-corrected chi connectivity index (χ3v) is 20.2. The molecule has 0 bridgehead atoms. The van der Waals surface area contributed by atoms with E-state index >= 15 is 0 Å². The summed E-state index contributed by atoms with van der Waals surface area (Å²) in [5.41, 5.74) is 0. The van der Waals surface area contributed by atoms with Crippen LogP contribution in [0.5, 0.6) is 51.7 Å². The lowest BCUT2D eigenvalue weighted by molar-refractivity contribution is 0.00252. The Bertz CT molecular complexity index is 2300. The zero-order valence-electron chi connectivity index (χ0n) is 68.0. The molecule has 0 aromatic heterocycles. The Morgan fingerprint density at radius 3 is 0.543 bits per heavy atom. The molecule has 105 heavy (non-hydrogen) atoms. The van der Waals surface area contributed by atoms with Crippen molar-refractivity contribution in [2.75, 3.05) is 59.6 Å². The van der Waals surface area contributed by atoms with Crippen molar-refractivity contribution in [2.45, 2.75) is 388 Å². The monoisotopic (exact) mass is 1470 g/mol. The summed E-state index contributed by atoms with van der Waals surface area (Å²) < 4.78 is 57.0. The average Bonchev–Trinajstić information content (AvgIpc) is 0.810. The maximum absolute atomic E-state index is 14.7. The van der Waals surface area contributed by atoms with E-state index in [1.165, 1.54) is 265 Å². The highest BCUT2D eigenvalue weighted by Gasteiger charge is 2.36. The number of nitrogens with zero attached hydrogens (tertiary/aromatic N) is 3. The van der Waals surface area contributed by atoms with Gasteiger partial charge in [-0.3, -0.25) is 14.7 Å². The Hall–Kier alpha value is -5.73. The van der Waals surface area contributed by atoms with E-state index in [0.29, 0.717) is 74.1 Å². The van der Waals surface area contributed by atoms with Crippen LogP contribution in [0.25, 0.3) is 0 Å². The molecule has 3 aromatic carbocycles. The molecule has 0 aliphatic carbocycles. The van der Waals surface area contributed by atoms with E-state index in [1.54, 1.807) is 54.6 Å². The Morgan fingerprint density at radius 1 is 0.219 bits per heavy atom. The molecule has 15 heteroatoms. The van der Waals surface area contributed by atoms with Gasteiger partial charge in [0.05, 0.1) is 39.6 Å². The van der Waals surface area contributed by atoms with Gasteiger partial charge >= 0.3 is 18.3 Å². The van der Waals surface area contributed by atoms with Gasteiger partial charge in [-0.15, -0.1) is 0 Å². The number of carbonyl (C=O) groups excluding carboxylic acids is 3. The molecule has 1 fully saturated rings. The summed E-state index contributed by atoms with van der Waals surface area (Å²) >= 11 is 0. The van der Waals surface area contributed by atoms with Gasteiger partial charge in [-0.2, -0.15) is 0 Å². The van der Waals surface area contributed by atoms with E-state index in [9.17, 15) is 14.4 Å². The lowest BCUT2D eigenvalue weighted by Crippen LogP contribution is -2.60. The van der Waals surface area contributed by atoms with Gasteiger partial charge in [0.15, 0.2) is 34.5 Å². The summed E-state index contributed by atoms with van der Waals surface area (Å²) in [6.45, 7) is 15.9. The fourth-order valence-corrected chi connectivity index (χ4v) is 13.5. The second-order valence-electron chi connectivity index (χ2n) is 30.0. The molecule has 3 amide bonds. The summed E-state index contributed by atoms with van der Waals surface area (Å²) in [7, 11) is 0. The molecule has 0 radical (unpaired) electrons. The van der Waals surface area contributed by atoms with Crippen LogP contribution >= 0.6 is 0 Å². The molecule has 600 valence electrons. The van der Waals surface area contributed by atoms with Gasteiger partial charge in [0.2, 0.25) is 0 Å². The summed E-state index contributed by atoms with van der Waals surface area (Å²) in [5, 5.41) is 0. The van der Waals surface area contributed by atoms with Gasteiger partial charge in [0, 0.05) is 18.2 Å². The third-order valence-electron chi connectivity index (χ3n) is 20.2. The number of unbranched alkanes of at least 4 members (excludes halogenated alkanes) is 48. The van der Waals surface area contributed by atoms with Crippen LogP contribution in [-0.4, -0.2) is 92.6 Å². The van der Waals surface area contributed by atoms with Crippen LogP contribution in [0.2, 0.25) is 0 Å². The SMILES string of the molecule is CCCCCCCCCCCOc1ccc(OC(=O)N2CN(C(=O)Oc3ccc(OCCCCCCCCCCC)c(OCCCCCCCCCCC)c3)CN(C(=O)Oc3ccc(OCCCCCCCCCCC)c(OCCCCCCCCCCC)c3)C2)cc1OCCCCCCCCCCC. The molecule has 0 atom stereocenters. The van der Waals surface area contributed by atoms with E-state index in [-0.39, 0.29) is 37.3 Å². The number of rotatable bonds is 69. The van der Waals surface area contributed by atoms with E-state index in [2.05, 4.69) is 41.5 Å². The first-order chi connectivity index (χ1) is 51.7. The number of benzene rings is 3. The topological polar surface area (TPSA) is 144 Å². The minimum atomic E-state index is -0.792. The van der Waals surface area contributed by atoms with E-state index < -0.39 is 18.3 Å². The lowest BCUT2D eigenvalue weighted by atomic mass is 10.1. The van der Waals surface area contributed by atoms with Gasteiger partial charge in [-0.05, 0) is 74.9 Å². The maximum atomic E-state index is 14.7. The molecule has 4 rings (SSSR count). The van der Waals surface area contributed by atoms with Crippen LogP contribution in [-0.2, 0) is 0 Å². The fourth-order valence-electron chi connectivity index (χ4n) is 13.5. The van der Waals surface area contributed by atoms with Gasteiger partial charge < -0.3 is 42.6 Å². The van der Waals surface area contributed by atoms with Crippen molar-refractivity contribution in [2.24, 2.45) is 0 Å². The second-order valence-corrected chi connectivity index (χ2v) is 30.0. The predicted octanol–water partition coefficient (Wildman–Crippen LogP) is 27.8. The van der Waals surface area contributed by atoms with Crippen LogP contribution in [0.3, 0.4) is 0 Å². The highest BCUT2D eigenvalue weighted by molar-refractivity contribution is 5.77. The molecular formula is C90H153N3O12. The Morgan fingerprint density at radius 2 is 0.371 bits per heavy atom. The minimum Gasteiger partial charge on any atom is -0.490 e. The quantitative estimate of drug-likeness (QED) is 0.0496.